The molecule has 132 valence electrons. The maximum atomic E-state index is 13.1. The second kappa shape index (κ2) is 7.03. The van der Waals surface area contributed by atoms with E-state index in [-0.39, 0.29) is 6.04 Å². The largest absolute Gasteiger partial charge is 0.361 e. The fraction of sp³-hybridized carbons (Fsp3) is 0.524. The van der Waals surface area contributed by atoms with E-state index in [2.05, 4.69) is 46.1 Å². The highest BCUT2D eigenvalue weighted by molar-refractivity contribution is 5.92. The quantitative estimate of drug-likeness (QED) is 0.808. The Balaban J connectivity index is 1.57. The maximum Gasteiger partial charge on any atom is 0.156 e. The lowest BCUT2D eigenvalue weighted by Crippen LogP contribution is -2.45. The Morgan fingerprint density at radius 2 is 2.16 bits per heavy atom. The number of rotatable bonds is 6. The zero-order chi connectivity index (χ0) is 17.2. The van der Waals surface area contributed by atoms with Crippen LogP contribution < -0.4 is 4.90 Å². The molecule has 4 heteroatoms. The number of fused-ring (bicyclic) bond motifs is 3. The summed E-state index contributed by atoms with van der Waals surface area (Å²) < 4.78 is 0. The molecule has 0 amide bonds. The molecule has 1 aliphatic heterocycles. The first kappa shape index (κ1) is 16.4. The zero-order valence-corrected chi connectivity index (χ0v) is 14.9. The summed E-state index contributed by atoms with van der Waals surface area (Å²) in [5, 5.41) is 0. The number of nitrogens with one attached hydrogen (secondary N) is 1. The lowest BCUT2D eigenvalue weighted by atomic mass is 9.74. The van der Waals surface area contributed by atoms with Gasteiger partial charge in [-0.05, 0) is 30.4 Å². The fourth-order valence-electron chi connectivity index (χ4n) is 4.73. The van der Waals surface area contributed by atoms with Crippen LogP contribution >= 0.6 is 0 Å². The lowest BCUT2D eigenvalue weighted by molar-refractivity contribution is -0.123. The zero-order valence-electron chi connectivity index (χ0n) is 14.9. The smallest absolute Gasteiger partial charge is 0.156 e. The number of carbonyl (C=O) groups is 1. The highest BCUT2D eigenvalue weighted by Crippen LogP contribution is 2.48. The molecular weight excluding hydrogens is 310 g/mol. The van der Waals surface area contributed by atoms with Crippen LogP contribution in [0.3, 0.4) is 0 Å². The molecule has 4 nitrogen and oxygen atoms in total. The molecule has 4 rings (SSSR count). The number of nitrogens with zero attached hydrogens (tertiary/aromatic N) is 2. The minimum atomic E-state index is 0.0575. The third kappa shape index (κ3) is 3.10. The highest BCUT2D eigenvalue weighted by atomic mass is 16.1. The van der Waals surface area contributed by atoms with Gasteiger partial charge in [-0.25, -0.2) is 4.98 Å². The van der Waals surface area contributed by atoms with Crippen LogP contribution in [0.15, 0.2) is 36.7 Å². The molecule has 0 bridgehead atoms. The molecule has 1 aromatic heterocycles. The number of H-pyrrole nitrogens is 1. The number of aromatic nitrogens is 2. The normalized spacial score (nSPS) is 25.1. The van der Waals surface area contributed by atoms with Crippen LogP contribution in [0.2, 0.25) is 0 Å². The van der Waals surface area contributed by atoms with Crippen molar-refractivity contribution in [1.82, 2.24) is 9.97 Å². The van der Waals surface area contributed by atoms with Gasteiger partial charge in [0.25, 0.3) is 0 Å². The van der Waals surface area contributed by atoms with E-state index in [9.17, 15) is 4.79 Å². The molecule has 0 radical (unpaired) electrons. The van der Waals surface area contributed by atoms with Gasteiger partial charge in [-0.1, -0.05) is 38.0 Å². The minimum absolute atomic E-state index is 0.0575. The van der Waals surface area contributed by atoms with Crippen molar-refractivity contribution in [3.8, 4) is 0 Å². The third-order valence-electron chi connectivity index (χ3n) is 5.81. The van der Waals surface area contributed by atoms with Crippen LogP contribution in [0.4, 0.5) is 5.69 Å². The topological polar surface area (TPSA) is 49.0 Å². The van der Waals surface area contributed by atoms with E-state index < -0.39 is 0 Å². The number of benzene rings is 1. The Bertz CT molecular complexity index is 725. The first-order valence-electron chi connectivity index (χ1n) is 9.64. The van der Waals surface area contributed by atoms with E-state index in [1.165, 1.54) is 24.1 Å². The van der Waals surface area contributed by atoms with Crippen molar-refractivity contribution in [2.24, 2.45) is 5.92 Å². The summed E-state index contributed by atoms with van der Waals surface area (Å²) in [6.07, 6.45) is 9.90. The Morgan fingerprint density at radius 1 is 1.28 bits per heavy atom. The third-order valence-corrected chi connectivity index (χ3v) is 5.81. The molecule has 2 heterocycles. The second-order valence-electron chi connectivity index (χ2n) is 7.52. The lowest BCUT2D eigenvalue weighted by Gasteiger charge is -2.35. The number of imidazole rings is 1. The summed E-state index contributed by atoms with van der Waals surface area (Å²) in [6, 6.07) is 8.71. The van der Waals surface area contributed by atoms with E-state index >= 15 is 0 Å². The van der Waals surface area contributed by atoms with Crippen molar-refractivity contribution >= 4 is 11.5 Å². The van der Waals surface area contributed by atoms with Crippen molar-refractivity contribution in [1.29, 1.82) is 0 Å². The average molecular weight is 337 g/mol. The minimum Gasteiger partial charge on any atom is -0.361 e. The monoisotopic (exact) mass is 337 g/mol. The van der Waals surface area contributed by atoms with Crippen LogP contribution in [0.5, 0.6) is 0 Å². The van der Waals surface area contributed by atoms with Gasteiger partial charge in [0.1, 0.15) is 5.82 Å². The summed E-state index contributed by atoms with van der Waals surface area (Å²) in [7, 11) is 0. The van der Waals surface area contributed by atoms with Gasteiger partial charge in [0.05, 0.1) is 6.04 Å². The standard InChI is InChI=1S/C21H27N3O/c1-2-3-6-11-24-18-8-5-4-7-16(18)17-12-15(13-19(25)21(17)24)14-20-22-9-10-23-20/h4-5,7-10,15,17,21H,2-3,6,11-14H2,1H3,(H,22,23). The van der Waals surface area contributed by atoms with Crippen LogP contribution in [-0.4, -0.2) is 28.3 Å². The van der Waals surface area contributed by atoms with Gasteiger partial charge in [-0.2, -0.15) is 0 Å². The molecule has 1 N–H and O–H groups in total. The summed E-state index contributed by atoms with van der Waals surface area (Å²) in [5.74, 6) is 2.16. The van der Waals surface area contributed by atoms with E-state index in [0.717, 1.165) is 31.6 Å². The van der Waals surface area contributed by atoms with Crippen molar-refractivity contribution in [2.75, 3.05) is 11.4 Å². The van der Waals surface area contributed by atoms with Gasteiger partial charge >= 0.3 is 0 Å². The summed E-state index contributed by atoms with van der Waals surface area (Å²) in [5.41, 5.74) is 2.67. The number of hydrogen-bond donors (Lipinski definition) is 1. The second-order valence-corrected chi connectivity index (χ2v) is 7.52. The first-order chi connectivity index (χ1) is 12.3. The van der Waals surface area contributed by atoms with Gasteiger partial charge in [0.2, 0.25) is 0 Å². The van der Waals surface area contributed by atoms with Gasteiger partial charge in [0.15, 0.2) is 5.78 Å². The summed E-state index contributed by atoms with van der Waals surface area (Å²) in [6.45, 7) is 3.23. The molecule has 1 aliphatic carbocycles. The Kier molecular flexibility index (Phi) is 4.60. The Morgan fingerprint density at radius 3 is 2.96 bits per heavy atom. The molecular formula is C21H27N3O. The number of para-hydroxylation sites is 1. The van der Waals surface area contributed by atoms with E-state index in [1.807, 2.05) is 6.20 Å². The van der Waals surface area contributed by atoms with Crippen LogP contribution in [0.25, 0.3) is 0 Å². The molecule has 2 aromatic rings. The molecule has 1 aromatic carbocycles. The number of aromatic amines is 1. The summed E-state index contributed by atoms with van der Waals surface area (Å²) in [4.78, 5) is 23.0. The molecule has 2 aliphatic rings. The van der Waals surface area contributed by atoms with Crippen molar-refractivity contribution in [3.63, 3.8) is 0 Å². The van der Waals surface area contributed by atoms with Gasteiger partial charge in [-0.15, -0.1) is 0 Å². The van der Waals surface area contributed by atoms with E-state index in [1.54, 1.807) is 6.20 Å². The van der Waals surface area contributed by atoms with Crippen LogP contribution in [-0.2, 0) is 11.2 Å². The maximum absolute atomic E-state index is 13.1. The van der Waals surface area contributed by atoms with Crippen molar-refractivity contribution in [3.05, 3.63) is 48.0 Å². The average Bonchev–Trinajstić information content (AvgIpc) is 3.22. The number of anilines is 1. The molecule has 0 spiro atoms. The van der Waals surface area contributed by atoms with Crippen LogP contribution in [0, 0.1) is 5.92 Å². The molecule has 1 fully saturated rings. The molecule has 3 atom stereocenters. The van der Waals surface area contributed by atoms with E-state index in [4.69, 9.17) is 0 Å². The van der Waals surface area contributed by atoms with E-state index in [0.29, 0.717) is 24.0 Å². The Hall–Kier alpha value is -2.10. The molecule has 1 saturated carbocycles. The molecule has 25 heavy (non-hydrogen) atoms. The summed E-state index contributed by atoms with van der Waals surface area (Å²) >= 11 is 0. The van der Waals surface area contributed by atoms with Crippen molar-refractivity contribution in [2.45, 2.75) is 57.4 Å². The number of Topliss-reactive ketones (excluding diaryl/α,β-unsaturated/α-hetero) is 1. The number of carbonyl (C=O) groups excluding carboxylic acids is 1. The number of unbranched alkanes of at least 4 members (excludes halogenated alkanes) is 2. The predicted molar refractivity (Wildman–Crippen MR) is 99.9 cm³/mol. The Labute approximate surface area is 149 Å². The first-order valence-corrected chi connectivity index (χ1v) is 9.64. The SMILES string of the molecule is CCCCCN1c2ccccc2C2CC(Cc3ncc[nH]3)CC(=O)C21. The van der Waals surface area contributed by atoms with Gasteiger partial charge in [0, 0.05) is 43.4 Å². The fourth-order valence-corrected chi connectivity index (χ4v) is 4.73. The van der Waals surface area contributed by atoms with Gasteiger partial charge in [-0.3, -0.25) is 4.79 Å². The van der Waals surface area contributed by atoms with Crippen LogP contribution in [0.1, 0.15) is 56.3 Å². The number of ketones is 1. The van der Waals surface area contributed by atoms with Crippen molar-refractivity contribution < 1.29 is 4.79 Å². The predicted octanol–water partition coefficient (Wildman–Crippen LogP) is 4.09. The number of hydrogen-bond acceptors (Lipinski definition) is 3. The highest BCUT2D eigenvalue weighted by Gasteiger charge is 2.46. The molecule has 3 unspecified atom stereocenters. The molecule has 0 saturated heterocycles. The van der Waals surface area contributed by atoms with Gasteiger partial charge < -0.3 is 9.88 Å².